The molecule has 0 saturated heterocycles. The molecule has 0 amide bonds. The predicted octanol–water partition coefficient (Wildman–Crippen LogP) is 4.16. The molecule has 0 saturated carbocycles. The molecular formula is C24H26N2O5S. The average Bonchev–Trinajstić information content (AvgIpc) is 2.82. The number of nitrogens with zero attached hydrogens (tertiary/aromatic N) is 1. The van der Waals surface area contributed by atoms with Gasteiger partial charge in [-0.3, -0.25) is 4.79 Å². The molecule has 0 fully saturated rings. The van der Waals surface area contributed by atoms with E-state index in [4.69, 9.17) is 19.2 Å². The lowest BCUT2D eigenvalue weighted by Gasteiger charge is -2.25. The van der Waals surface area contributed by atoms with E-state index in [0.29, 0.717) is 33.5 Å². The molecule has 32 heavy (non-hydrogen) atoms. The molecular weight excluding hydrogens is 428 g/mol. The highest BCUT2D eigenvalue weighted by atomic mass is 32.2. The summed E-state index contributed by atoms with van der Waals surface area (Å²) in [6.45, 7) is 3.84. The molecule has 1 atom stereocenters. The van der Waals surface area contributed by atoms with Crippen LogP contribution < -0.4 is 14.8 Å². The van der Waals surface area contributed by atoms with Gasteiger partial charge in [0.15, 0.2) is 11.0 Å². The summed E-state index contributed by atoms with van der Waals surface area (Å²) >= 11 is 1.29. The third-order valence-corrected chi connectivity index (χ3v) is 5.78. The summed E-state index contributed by atoms with van der Waals surface area (Å²) in [5.74, 6) is 1.17. The molecule has 0 radical (unpaired) electrons. The number of thioether (sulfide) groups is 1. The Bertz CT molecular complexity index is 1030. The summed E-state index contributed by atoms with van der Waals surface area (Å²) in [6, 6.07) is 13.8. The van der Waals surface area contributed by atoms with Crippen LogP contribution >= 0.6 is 11.8 Å². The van der Waals surface area contributed by atoms with Crippen molar-refractivity contribution in [2.45, 2.75) is 19.9 Å². The molecule has 0 bridgehead atoms. The molecule has 2 aromatic rings. The molecule has 1 N–H and O–H groups in total. The largest absolute Gasteiger partial charge is 0.497 e. The number of amidine groups is 1. The third kappa shape index (κ3) is 5.50. The highest BCUT2D eigenvalue weighted by Gasteiger charge is 2.30. The number of hydrogen-bond acceptors (Lipinski definition) is 8. The number of nitrogens with one attached hydrogen (secondary N) is 1. The maximum absolute atomic E-state index is 12.6. The molecule has 1 heterocycles. The van der Waals surface area contributed by atoms with Gasteiger partial charge in [0.05, 0.1) is 32.2 Å². The molecule has 1 unspecified atom stereocenters. The van der Waals surface area contributed by atoms with Crippen molar-refractivity contribution < 1.29 is 23.8 Å². The molecule has 0 aliphatic carbocycles. The normalized spacial score (nSPS) is 15.5. The highest BCUT2D eigenvalue weighted by molar-refractivity contribution is 8.14. The Labute approximate surface area is 191 Å². The number of hydrogen-bond donors (Lipinski definition) is 1. The van der Waals surface area contributed by atoms with E-state index in [-0.39, 0.29) is 18.1 Å². The minimum Gasteiger partial charge on any atom is -0.497 e. The highest BCUT2D eigenvalue weighted by Crippen LogP contribution is 2.33. The van der Waals surface area contributed by atoms with Gasteiger partial charge < -0.3 is 19.5 Å². The van der Waals surface area contributed by atoms with E-state index in [1.54, 1.807) is 45.4 Å². The minimum atomic E-state index is -0.542. The van der Waals surface area contributed by atoms with Crippen molar-refractivity contribution in [3.63, 3.8) is 0 Å². The van der Waals surface area contributed by atoms with Crippen molar-refractivity contribution in [3.8, 4) is 11.5 Å². The fourth-order valence-electron chi connectivity index (χ4n) is 3.22. The predicted molar refractivity (Wildman–Crippen MR) is 125 cm³/mol. The number of ketones is 1. The first-order valence-electron chi connectivity index (χ1n) is 10.1. The number of ether oxygens (including phenoxy) is 3. The van der Waals surface area contributed by atoms with Crippen molar-refractivity contribution in [1.82, 2.24) is 5.32 Å². The Kier molecular flexibility index (Phi) is 7.94. The number of Topliss-reactive ketones (excluding diaryl/α,β-unsaturated/α-hetero) is 1. The van der Waals surface area contributed by atoms with Crippen molar-refractivity contribution in [1.29, 1.82) is 0 Å². The number of benzene rings is 2. The second-order valence-electron chi connectivity index (χ2n) is 6.93. The maximum Gasteiger partial charge on any atom is 0.338 e. The monoisotopic (exact) mass is 454 g/mol. The smallest absolute Gasteiger partial charge is 0.338 e. The summed E-state index contributed by atoms with van der Waals surface area (Å²) in [7, 11) is 3.18. The van der Waals surface area contributed by atoms with Gasteiger partial charge in [0, 0.05) is 11.3 Å². The lowest BCUT2D eigenvalue weighted by molar-refractivity contribution is -0.138. The Morgan fingerprint density at radius 2 is 1.59 bits per heavy atom. The van der Waals surface area contributed by atoms with Crippen LogP contribution in [0.15, 0.2) is 64.8 Å². The Morgan fingerprint density at radius 1 is 1.00 bits per heavy atom. The lowest BCUT2D eigenvalue weighted by Crippen LogP contribution is -2.31. The molecule has 2 aromatic carbocycles. The molecule has 168 valence electrons. The van der Waals surface area contributed by atoms with Gasteiger partial charge in [-0.05, 0) is 55.8 Å². The molecule has 3 rings (SSSR count). The van der Waals surface area contributed by atoms with Gasteiger partial charge in [0.2, 0.25) is 0 Å². The lowest BCUT2D eigenvalue weighted by atomic mass is 9.96. The SMILES string of the molecule is CCOC(=O)C1=C(C)NC(SCC(=O)c2ccc(OC)cc2)=NC1c1ccc(OC)cc1. The number of allylic oxidation sites excluding steroid dienone is 1. The van der Waals surface area contributed by atoms with Crippen LogP contribution in [0.25, 0.3) is 0 Å². The first kappa shape index (κ1) is 23.4. The van der Waals surface area contributed by atoms with E-state index >= 15 is 0 Å². The molecule has 7 nitrogen and oxygen atoms in total. The molecule has 1 aliphatic rings. The summed E-state index contributed by atoms with van der Waals surface area (Å²) in [4.78, 5) is 30.0. The van der Waals surface area contributed by atoms with Crippen molar-refractivity contribution in [2.24, 2.45) is 4.99 Å². The second kappa shape index (κ2) is 10.9. The van der Waals surface area contributed by atoms with Gasteiger partial charge in [-0.1, -0.05) is 23.9 Å². The van der Waals surface area contributed by atoms with Crippen LogP contribution in [-0.4, -0.2) is 43.5 Å². The number of rotatable bonds is 8. The standard InChI is InChI=1S/C24H26N2O5S/c1-5-31-23(28)21-15(2)25-24(26-22(21)17-8-12-19(30-4)13-9-17)32-14-20(27)16-6-10-18(29-3)11-7-16/h6-13,22H,5,14H2,1-4H3,(H,25,26). The number of carbonyl (C=O) groups excluding carboxylic acids is 2. The Hall–Kier alpha value is -3.26. The summed E-state index contributed by atoms with van der Waals surface area (Å²) < 4.78 is 15.6. The molecule has 0 aromatic heterocycles. The van der Waals surface area contributed by atoms with E-state index < -0.39 is 12.0 Å². The van der Waals surface area contributed by atoms with E-state index in [2.05, 4.69) is 5.32 Å². The summed E-state index contributed by atoms with van der Waals surface area (Å²) in [5.41, 5.74) is 2.52. The first-order valence-corrected chi connectivity index (χ1v) is 11.1. The summed E-state index contributed by atoms with van der Waals surface area (Å²) in [6.07, 6.45) is 0. The Balaban J connectivity index is 1.81. The van der Waals surface area contributed by atoms with Gasteiger partial charge in [-0.2, -0.15) is 0 Å². The van der Waals surface area contributed by atoms with Crippen molar-refractivity contribution >= 4 is 28.7 Å². The van der Waals surface area contributed by atoms with Gasteiger partial charge in [-0.25, -0.2) is 9.79 Å². The van der Waals surface area contributed by atoms with Crippen LogP contribution in [0.2, 0.25) is 0 Å². The number of carbonyl (C=O) groups is 2. The zero-order valence-electron chi connectivity index (χ0n) is 18.5. The van der Waals surface area contributed by atoms with Crippen LogP contribution in [0.4, 0.5) is 0 Å². The van der Waals surface area contributed by atoms with Crippen LogP contribution in [0.1, 0.15) is 35.8 Å². The fourth-order valence-corrected chi connectivity index (χ4v) is 4.06. The van der Waals surface area contributed by atoms with E-state index in [0.717, 1.165) is 5.56 Å². The topological polar surface area (TPSA) is 86.2 Å². The van der Waals surface area contributed by atoms with Gasteiger partial charge in [0.25, 0.3) is 0 Å². The molecule has 1 aliphatic heterocycles. The molecule has 8 heteroatoms. The zero-order chi connectivity index (χ0) is 23.1. The number of esters is 1. The van der Waals surface area contributed by atoms with E-state index in [9.17, 15) is 9.59 Å². The first-order chi connectivity index (χ1) is 15.5. The maximum atomic E-state index is 12.6. The second-order valence-corrected chi connectivity index (χ2v) is 7.90. The molecule has 0 spiro atoms. The van der Waals surface area contributed by atoms with E-state index in [1.165, 1.54) is 11.8 Å². The number of methoxy groups -OCH3 is 2. The van der Waals surface area contributed by atoms with Crippen molar-refractivity contribution in [3.05, 3.63) is 70.9 Å². The summed E-state index contributed by atoms with van der Waals surface area (Å²) in [5, 5.41) is 3.72. The van der Waals surface area contributed by atoms with Crippen LogP contribution in [0.3, 0.4) is 0 Å². The minimum absolute atomic E-state index is 0.0269. The van der Waals surface area contributed by atoms with Crippen LogP contribution in [-0.2, 0) is 9.53 Å². The van der Waals surface area contributed by atoms with E-state index in [1.807, 2.05) is 31.2 Å². The van der Waals surface area contributed by atoms with Crippen LogP contribution in [0, 0.1) is 0 Å². The third-order valence-electron chi connectivity index (χ3n) is 4.90. The van der Waals surface area contributed by atoms with Crippen LogP contribution in [0.5, 0.6) is 11.5 Å². The van der Waals surface area contributed by atoms with Gasteiger partial charge in [-0.15, -0.1) is 0 Å². The Morgan fingerprint density at radius 3 is 2.16 bits per heavy atom. The quantitative estimate of drug-likeness (QED) is 0.473. The van der Waals surface area contributed by atoms with Crippen molar-refractivity contribution in [2.75, 3.05) is 26.6 Å². The van der Waals surface area contributed by atoms with Gasteiger partial charge >= 0.3 is 5.97 Å². The van der Waals surface area contributed by atoms with Gasteiger partial charge in [0.1, 0.15) is 17.5 Å². The number of aliphatic imine (C=N–C) groups is 1. The fraction of sp³-hybridized carbons (Fsp3) is 0.292. The zero-order valence-corrected chi connectivity index (χ0v) is 19.3. The average molecular weight is 455 g/mol.